The predicted octanol–water partition coefficient (Wildman–Crippen LogP) is 4.25. The van der Waals surface area contributed by atoms with Crippen LogP contribution in [0.15, 0.2) is 29.2 Å². The van der Waals surface area contributed by atoms with Crippen LogP contribution in [0.25, 0.3) is 0 Å². The summed E-state index contributed by atoms with van der Waals surface area (Å²) in [7, 11) is 0. The van der Waals surface area contributed by atoms with E-state index < -0.39 is 0 Å². The lowest BCUT2D eigenvalue weighted by atomic mass is 10.0. The molecule has 86 valence electrons. The molecule has 2 atom stereocenters. The van der Waals surface area contributed by atoms with Crippen molar-refractivity contribution in [2.45, 2.75) is 36.8 Å². The molecule has 0 amide bonds. The highest BCUT2D eigenvalue weighted by Gasteiger charge is 2.18. The lowest BCUT2D eigenvalue weighted by Gasteiger charge is -2.16. The number of thioether (sulfide) groups is 1. The number of hydrogen-bond donors (Lipinski definition) is 0. The van der Waals surface area contributed by atoms with Gasteiger partial charge >= 0.3 is 0 Å². The average Bonchev–Trinajstić information content (AvgIpc) is 2.28. The molecule has 0 saturated carbocycles. The summed E-state index contributed by atoms with van der Waals surface area (Å²) in [6.07, 6.45) is 2.05. The minimum atomic E-state index is -0.239. The van der Waals surface area contributed by atoms with E-state index in [0.29, 0.717) is 10.8 Å². The van der Waals surface area contributed by atoms with E-state index in [1.807, 2.05) is 6.92 Å². The standard InChI is InChI=1S/C13H16FNS/c1-3-6-10(2)13(9-15)16-12-8-5-4-7-11(12)14/h4-5,7-8,10,13H,3,6H2,1-2H3. The summed E-state index contributed by atoms with van der Waals surface area (Å²) in [5.74, 6) is 0.0519. The van der Waals surface area contributed by atoms with Gasteiger partial charge in [-0.1, -0.05) is 32.4 Å². The van der Waals surface area contributed by atoms with Crippen LogP contribution in [0.4, 0.5) is 4.39 Å². The Labute approximate surface area is 101 Å². The van der Waals surface area contributed by atoms with Crippen LogP contribution in [0.5, 0.6) is 0 Å². The molecule has 0 aliphatic rings. The summed E-state index contributed by atoms with van der Waals surface area (Å²) in [4.78, 5) is 0.567. The second-order valence-electron chi connectivity index (χ2n) is 3.86. The van der Waals surface area contributed by atoms with Crippen LogP contribution in [0, 0.1) is 23.1 Å². The third-order valence-corrected chi connectivity index (χ3v) is 3.89. The van der Waals surface area contributed by atoms with Gasteiger partial charge in [-0.2, -0.15) is 5.26 Å². The van der Waals surface area contributed by atoms with Gasteiger partial charge in [0.05, 0.1) is 11.3 Å². The highest BCUT2D eigenvalue weighted by molar-refractivity contribution is 8.00. The first-order valence-corrected chi connectivity index (χ1v) is 6.37. The van der Waals surface area contributed by atoms with Gasteiger partial charge in [0.1, 0.15) is 5.82 Å². The molecular formula is C13H16FNS. The highest BCUT2D eigenvalue weighted by atomic mass is 32.2. The largest absolute Gasteiger partial charge is 0.206 e. The Balaban J connectivity index is 2.71. The van der Waals surface area contributed by atoms with Gasteiger partial charge in [0.25, 0.3) is 0 Å². The zero-order chi connectivity index (χ0) is 12.0. The summed E-state index contributed by atoms with van der Waals surface area (Å²) >= 11 is 1.33. The van der Waals surface area contributed by atoms with Crippen molar-refractivity contribution in [2.24, 2.45) is 5.92 Å². The van der Waals surface area contributed by atoms with Crippen molar-refractivity contribution < 1.29 is 4.39 Å². The molecule has 1 rings (SSSR count). The van der Waals surface area contributed by atoms with Crippen molar-refractivity contribution in [3.05, 3.63) is 30.1 Å². The van der Waals surface area contributed by atoms with Gasteiger partial charge in [-0.05, 0) is 24.5 Å². The molecule has 0 radical (unpaired) electrons. The van der Waals surface area contributed by atoms with Crippen molar-refractivity contribution in [3.8, 4) is 6.07 Å². The zero-order valence-corrected chi connectivity index (χ0v) is 10.4. The lowest BCUT2D eigenvalue weighted by molar-refractivity contribution is 0.545. The van der Waals surface area contributed by atoms with Crippen molar-refractivity contribution in [1.29, 1.82) is 5.26 Å². The average molecular weight is 237 g/mol. The minimum Gasteiger partial charge on any atom is -0.206 e. The molecule has 0 aliphatic carbocycles. The van der Waals surface area contributed by atoms with Crippen molar-refractivity contribution >= 4 is 11.8 Å². The van der Waals surface area contributed by atoms with E-state index in [4.69, 9.17) is 5.26 Å². The maximum Gasteiger partial charge on any atom is 0.136 e. The summed E-state index contributed by atoms with van der Waals surface area (Å²) in [5.41, 5.74) is 0. The van der Waals surface area contributed by atoms with E-state index in [1.54, 1.807) is 18.2 Å². The van der Waals surface area contributed by atoms with E-state index in [-0.39, 0.29) is 11.1 Å². The highest BCUT2D eigenvalue weighted by Crippen LogP contribution is 2.31. The topological polar surface area (TPSA) is 23.8 Å². The van der Waals surface area contributed by atoms with Crippen LogP contribution >= 0.6 is 11.8 Å². The fraction of sp³-hybridized carbons (Fsp3) is 0.462. The van der Waals surface area contributed by atoms with Gasteiger partial charge in [0.2, 0.25) is 0 Å². The molecule has 0 spiro atoms. The first-order chi connectivity index (χ1) is 7.69. The van der Waals surface area contributed by atoms with Gasteiger partial charge in [-0.3, -0.25) is 0 Å². The predicted molar refractivity (Wildman–Crippen MR) is 65.7 cm³/mol. The summed E-state index contributed by atoms with van der Waals surface area (Å²) < 4.78 is 13.4. The number of halogens is 1. The van der Waals surface area contributed by atoms with Crippen molar-refractivity contribution in [1.82, 2.24) is 0 Å². The first kappa shape index (κ1) is 13.1. The molecule has 1 nitrogen and oxygen atoms in total. The molecule has 0 aromatic heterocycles. The molecule has 0 fully saturated rings. The van der Waals surface area contributed by atoms with Crippen molar-refractivity contribution in [3.63, 3.8) is 0 Å². The molecule has 0 heterocycles. The summed E-state index contributed by atoms with van der Waals surface area (Å²) in [6.45, 7) is 4.14. The zero-order valence-electron chi connectivity index (χ0n) is 9.61. The maximum absolute atomic E-state index is 13.4. The molecule has 0 bridgehead atoms. The van der Waals surface area contributed by atoms with Gasteiger partial charge in [-0.25, -0.2) is 4.39 Å². The molecule has 1 aromatic rings. The molecule has 16 heavy (non-hydrogen) atoms. The summed E-state index contributed by atoms with van der Waals surface area (Å²) in [5, 5.41) is 8.91. The quantitative estimate of drug-likeness (QED) is 0.715. The Morgan fingerprint density at radius 1 is 1.44 bits per heavy atom. The van der Waals surface area contributed by atoms with E-state index in [0.717, 1.165) is 12.8 Å². The van der Waals surface area contributed by atoms with Crippen LogP contribution in [0.1, 0.15) is 26.7 Å². The maximum atomic E-state index is 13.4. The van der Waals surface area contributed by atoms with Gasteiger partial charge < -0.3 is 0 Å². The van der Waals surface area contributed by atoms with E-state index in [1.165, 1.54) is 17.8 Å². The second-order valence-corrected chi connectivity index (χ2v) is 5.05. The van der Waals surface area contributed by atoms with E-state index >= 15 is 0 Å². The smallest absolute Gasteiger partial charge is 0.136 e. The Morgan fingerprint density at radius 2 is 2.12 bits per heavy atom. The Morgan fingerprint density at radius 3 is 2.69 bits per heavy atom. The molecule has 0 N–H and O–H groups in total. The molecule has 0 aliphatic heterocycles. The van der Waals surface area contributed by atoms with Crippen LogP contribution in [-0.4, -0.2) is 5.25 Å². The molecule has 3 heteroatoms. The number of nitrogens with zero attached hydrogens (tertiary/aromatic N) is 1. The lowest BCUT2D eigenvalue weighted by Crippen LogP contribution is -2.11. The van der Waals surface area contributed by atoms with Gasteiger partial charge in [0.15, 0.2) is 0 Å². The Bertz CT molecular complexity index is 372. The van der Waals surface area contributed by atoms with E-state index in [2.05, 4.69) is 13.0 Å². The van der Waals surface area contributed by atoms with Gasteiger partial charge in [0, 0.05) is 4.90 Å². The fourth-order valence-corrected chi connectivity index (χ4v) is 2.59. The number of hydrogen-bond acceptors (Lipinski definition) is 2. The number of nitriles is 1. The molecule has 1 aromatic carbocycles. The van der Waals surface area contributed by atoms with Crippen LogP contribution in [-0.2, 0) is 0 Å². The first-order valence-electron chi connectivity index (χ1n) is 5.49. The molecule has 2 unspecified atom stereocenters. The third-order valence-electron chi connectivity index (χ3n) is 2.48. The van der Waals surface area contributed by atoms with E-state index in [9.17, 15) is 4.39 Å². The Kier molecular flexibility index (Phi) is 5.34. The fourth-order valence-electron chi connectivity index (χ4n) is 1.55. The van der Waals surface area contributed by atoms with Crippen LogP contribution < -0.4 is 0 Å². The van der Waals surface area contributed by atoms with Crippen molar-refractivity contribution in [2.75, 3.05) is 0 Å². The molecule has 0 saturated heterocycles. The van der Waals surface area contributed by atoms with Crippen LogP contribution in [0.3, 0.4) is 0 Å². The number of rotatable bonds is 5. The number of benzene rings is 1. The second kappa shape index (κ2) is 6.55. The molecular weight excluding hydrogens is 221 g/mol. The van der Waals surface area contributed by atoms with Gasteiger partial charge in [-0.15, -0.1) is 11.8 Å². The van der Waals surface area contributed by atoms with Crippen LogP contribution in [0.2, 0.25) is 0 Å². The summed E-state index contributed by atoms with van der Waals surface area (Å²) in [6, 6.07) is 8.87. The minimum absolute atomic E-state index is 0.170. The Hall–Kier alpha value is -1.01. The third kappa shape index (κ3) is 3.53. The monoisotopic (exact) mass is 237 g/mol. The SMILES string of the molecule is CCCC(C)C(C#N)Sc1ccccc1F. The normalized spacial score (nSPS) is 14.1.